The van der Waals surface area contributed by atoms with Gasteiger partial charge in [-0.3, -0.25) is 9.69 Å². The third kappa shape index (κ3) is 3.17. The highest BCUT2D eigenvalue weighted by Crippen LogP contribution is 2.26. The van der Waals surface area contributed by atoms with Crippen LogP contribution in [-0.4, -0.2) is 55.0 Å². The second kappa shape index (κ2) is 6.69. The minimum atomic E-state index is -0.00160. The van der Waals surface area contributed by atoms with Crippen molar-refractivity contribution in [3.63, 3.8) is 0 Å². The van der Waals surface area contributed by atoms with Gasteiger partial charge in [-0.1, -0.05) is 12.1 Å². The lowest BCUT2D eigenvalue weighted by Crippen LogP contribution is -2.49. The molecule has 5 nitrogen and oxygen atoms in total. The maximum atomic E-state index is 12.3. The Kier molecular flexibility index (Phi) is 4.26. The molecule has 0 N–H and O–H groups in total. The predicted octanol–water partition coefficient (Wildman–Crippen LogP) is 2.21. The highest BCUT2D eigenvalue weighted by molar-refractivity contribution is 5.91. The molecule has 1 amide bonds. The van der Waals surface area contributed by atoms with Crippen molar-refractivity contribution in [2.24, 2.45) is 0 Å². The average Bonchev–Trinajstić information content (AvgIpc) is 3.31. The zero-order valence-electron chi connectivity index (χ0n) is 13.7. The Hall–Kier alpha value is -2.27. The smallest absolute Gasteiger partial charge is 0.289 e. The van der Waals surface area contributed by atoms with Crippen LogP contribution in [0.25, 0.3) is 0 Å². The molecule has 1 aromatic heterocycles. The number of hydrogen-bond acceptors (Lipinski definition) is 4. The van der Waals surface area contributed by atoms with Crippen molar-refractivity contribution in [2.45, 2.75) is 12.8 Å². The van der Waals surface area contributed by atoms with Crippen LogP contribution in [0.1, 0.15) is 21.7 Å². The monoisotopic (exact) mass is 326 g/mol. The highest BCUT2D eigenvalue weighted by atomic mass is 16.5. The molecule has 0 aliphatic carbocycles. The summed E-state index contributed by atoms with van der Waals surface area (Å²) in [6, 6.07) is 10.0. The number of piperazine rings is 1. The van der Waals surface area contributed by atoms with E-state index in [1.807, 2.05) is 4.90 Å². The molecule has 2 aromatic rings. The van der Waals surface area contributed by atoms with E-state index in [4.69, 9.17) is 9.15 Å². The fourth-order valence-electron chi connectivity index (χ4n) is 3.41. The number of carbonyl (C=O) groups is 1. The molecule has 2 aliphatic heterocycles. The summed E-state index contributed by atoms with van der Waals surface area (Å²) in [5, 5.41) is 0. The van der Waals surface area contributed by atoms with Crippen molar-refractivity contribution in [3.8, 4) is 5.75 Å². The lowest BCUT2D eigenvalue weighted by molar-refractivity contribution is 0.0607. The molecule has 1 fully saturated rings. The molecule has 2 aliphatic rings. The molecular weight excluding hydrogens is 304 g/mol. The molecule has 1 saturated heterocycles. The number of rotatable bonds is 4. The largest absolute Gasteiger partial charge is 0.493 e. The van der Waals surface area contributed by atoms with Gasteiger partial charge in [0.05, 0.1) is 12.9 Å². The van der Waals surface area contributed by atoms with Crippen LogP contribution in [0.2, 0.25) is 0 Å². The van der Waals surface area contributed by atoms with Gasteiger partial charge in [0.2, 0.25) is 0 Å². The summed E-state index contributed by atoms with van der Waals surface area (Å²) in [5.74, 6) is 1.48. The summed E-state index contributed by atoms with van der Waals surface area (Å²) in [6.45, 7) is 5.20. The Labute approximate surface area is 141 Å². The molecule has 0 radical (unpaired) electrons. The van der Waals surface area contributed by atoms with Crippen LogP contribution in [0.15, 0.2) is 41.0 Å². The SMILES string of the molecule is O=C(c1ccco1)N1CCN(CCc2ccc3c(c2)CCO3)CC1. The Morgan fingerprint density at radius 3 is 2.79 bits per heavy atom. The number of ether oxygens (including phenoxy) is 1. The van der Waals surface area contributed by atoms with Crippen LogP contribution in [0.4, 0.5) is 0 Å². The van der Waals surface area contributed by atoms with E-state index < -0.39 is 0 Å². The Balaban J connectivity index is 1.27. The molecule has 126 valence electrons. The molecule has 0 bridgehead atoms. The summed E-state index contributed by atoms with van der Waals surface area (Å²) >= 11 is 0. The predicted molar refractivity (Wildman–Crippen MR) is 90.4 cm³/mol. The van der Waals surface area contributed by atoms with Gasteiger partial charge in [-0.15, -0.1) is 0 Å². The topological polar surface area (TPSA) is 45.9 Å². The van der Waals surface area contributed by atoms with Gasteiger partial charge in [-0.25, -0.2) is 0 Å². The lowest BCUT2D eigenvalue weighted by Gasteiger charge is -2.34. The molecule has 0 spiro atoms. The van der Waals surface area contributed by atoms with E-state index in [-0.39, 0.29) is 5.91 Å². The average molecular weight is 326 g/mol. The molecule has 1 aromatic carbocycles. The zero-order chi connectivity index (χ0) is 16.4. The molecule has 0 unspecified atom stereocenters. The molecular formula is C19H22N2O3. The van der Waals surface area contributed by atoms with Gasteiger partial charge in [-0.2, -0.15) is 0 Å². The summed E-state index contributed by atoms with van der Waals surface area (Å²) in [7, 11) is 0. The number of amides is 1. The van der Waals surface area contributed by atoms with Crippen LogP contribution in [-0.2, 0) is 12.8 Å². The van der Waals surface area contributed by atoms with Gasteiger partial charge in [0.15, 0.2) is 5.76 Å². The quantitative estimate of drug-likeness (QED) is 0.864. The Morgan fingerprint density at radius 2 is 2.00 bits per heavy atom. The van der Waals surface area contributed by atoms with E-state index in [1.165, 1.54) is 11.1 Å². The molecule has 0 atom stereocenters. The third-order valence-electron chi connectivity index (χ3n) is 4.86. The maximum absolute atomic E-state index is 12.3. The van der Waals surface area contributed by atoms with Crippen molar-refractivity contribution >= 4 is 5.91 Å². The fraction of sp³-hybridized carbons (Fsp3) is 0.421. The summed E-state index contributed by atoms with van der Waals surface area (Å²) in [5.41, 5.74) is 2.70. The first-order valence-corrected chi connectivity index (χ1v) is 8.59. The number of benzene rings is 1. The van der Waals surface area contributed by atoms with Crippen LogP contribution < -0.4 is 4.74 Å². The fourth-order valence-corrected chi connectivity index (χ4v) is 3.41. The summed E-state index contributed by atoms with van der Waals surface area (Å²) in [4.78, 5) is 16.6. The van der Waals surface area contributed by atoms with Crippen LogP contribution in [0, 0.1) is 0 Å². The standard InChI is InChI=1S/C19H22N2O3/c22-19(18-2-1-12-23-18)21-10-8-20(9-11-21)7-5-15-3-4-17-16(14-15)6-13-24-17/h1-4,12,14H,5-11,13H2. The Bertz CT molecular complexity index is 703. The molecule has 4 rings (SSSR count). The van der Waals surface area contributed by atoms with Crippen molar-refractivity contribution in [1.82, 2.24) is 9.80 Å². The minimum Gasteiger partial charge on any atom is -0.493 e. The summed E-state index contributed by atoms with van der Waals surface area (Å²) in [6.07, 6.45) is 3.61. The first-order valence-electron chi connectivity index (χ1n) is 8.59. The second-order valence-electron chi connectivity index (χ2n) is 6.40. The van der Waals surface area contributed by atoms with Gasteiger partial charge in [-0.05, 0) is 35.7 Å². The van der Waals surface area contributed by atoms with E-state index in [9.17, 15) is 4.79 Å². The molecule has 3 heterocycles. The van der Waals surface area contributed by atoms with Crippen molar-refractivity contribution < 1.29 is 13.9 Å². The minimum absolute atomic E-state index is 0.00160. The maximum Gasteiger partial charge on any atom is 0.289 e. The number of fused-ring (bicyclic) bond motifs is 1. The van der Waals surface area contributed by atoms with E-state index in [2.05, 4.69) is 23.1 Å². The van der Waals surface area contributed by atoms with Crippen LogP contribution >= 0.6 is 0 Å². The molecule has 5 heteroatoms. The lowest BCUT2D eigenvalue weighted by atomic mass is 10.1. The number of furan rings is 1. The number of carbonyl (C=O) groups excluding carboxylic acids is 1. The van der Waals surface area contributed by atoms with E-state index in [1.54, 1.807) is 18.4 Å². The van der Waals surface area contributed by atoms with Gasteiger partial charge in [0, 0.05) is 39.1 Å². The van der Waals surface area contributed by atoms with Crippen molar-refractivity contribution in [2.75, 3.05) is 39.3 Å². The number of hydrogen-bond donors (Lipinski definition) is 0. The normalized spacial score (nSPS) is 17.6. The molecule has 24 heavy (non-hydrogen) atoms. The first-order chi connectivity index (χ1) is 11.8. The van der Waals surface area contributed by atoms with E-state index >= 15 is 0 Å². The van der Waals surface area contributed by atoms with Gasteiger partial charge < -0.3 is 14.1 Å². The van der Waals surface area contributed by atoms with Crippen molar-refractivity contribution in [3.05, 3.63) is 53.5 Å². The van der Waals surface area contributed by atoms with E-state index in [0.29, 0.717) is 5.76 Å². The number of nitrogens with zero attached hydrogens (tertiary/aromatic N) is 2. The first kappa shape index (κ1) is 15.3. The second-order valence-corrected chi connectivity index (χ2v) is 6.40. The highest BCUT2D eigenvalue weighted by Gasteiger charge is 2.23. The van der Waals surface area contributed by atoms with E-state index in [0.717, 1.165) is 57.9 Å². The van der Waals surface area contributed by atoms with Crippen LogP contribution in [0.3, 0.4) is 0 Å². The van der Waals surface area contributed by atoms with Gasteiger partial charge in [0.25, 0.3) is 5.91 Å². The van der Waals surface area contributed by atoms with Crippen molar-refractivity contribution in [1.29, 1.82) is 0 Å². The summed E-state index contributed by atoms with van der Waals surface area (Å²) < 4.78 is 10.8. The third-order valence-corrected chi connectivity index (χ3v) is 4.86. The zero-order valence-corrected chi connectivity index (χ0v) is 13.7. The Morgan fingerprint density at radius 1 is 1.12 bits per heavy atom. The van der Waals surface area contributed by atoms with Gasteiger partial charge in [0.1, 0.15) is 5.75 Å². The molecule has 0 saturated carbocycles. The van der Waals surface area contributed by atoms with Gasteiger partial charge >= 0.3 is 0 Å². The van der Waals surface area contributed by atoms with Crippen LogP contribution in [0.5, 0.6) is 5.75 Å².